The smallest absolute Gasteiger partial charge is 0.256 e. The Bertz CT molecular complexity index is 1320. The molecular formula is C25H23N3O2S. The summed E-state index contributed by atoms with van der Waals surface area (Å²) in [6.07, 6.45) is 1.81. The summed E-state index contributed by atoms with van der Waals surface area (Å²) in [5.74, 6) is -0.122. The fraction of sp³-hybridized carbons (Fsp3) is 0.200. The number of H-pyrrole nitrogens is 1. The van der Waals surface area contributed by atoms with Crippen LogP contribution in [0.4, 0.5) is 11.4 Å². The number of carbonyl (C=O) groups is 2. The lowest BCUT2D eigenvalue weighted by Gasteiger charge is -2.21. The molecule has 1 aliphatic heterocycles. The third-order valence-electron chi connectivity index (χ3n) is 6.16. The number of para-hydroxylation sites is 1. The van der Waals surface area contributed by atoms with Crippen molar-refractivity contribution < 1.29 is 9.59 Å². The SMILES string of the molecule is Cc1c(C(=O)Nc2c[nH]c3ccccc23)ccc2c1N(Cc1ccsc1)C(=O)C2(C)C. The number of nitrogens with one attached hydrogen (secondary N) is 2. The van der Waals surface area contributed by atoms with Crippen molar-refractivity contribution in [3.05, 3.63) is 81.7 Å². The predicted octanol–water partition coefficient (Wildman–Crippen LogP) is 5.61. The van der Waals surface area contributed by atoms with Crippen LogP contribution in [-0.2, 0) is 16.8 Å². The topological polar surface area (TPSA) is 65.2 Å². The zero-order valence-electron chi connectivity index (χ0n) is 17.7. The third-order valence-corrected chi connectivity index (χ3v) is 6.89. The zero-order valence-corrected chi connectivity index (χ0v) is 18.5. The Kier molecular flexibility index (Phi) is 4.48. The van der Waals surface area contributed by atoms with Gasteiger partial charge in [-0.2, -0.15) is 11.3 Å². The molecule has 2 N–H and O–H groups in total. The second-order valence-electron chi connectivity index (χ2n) is 8.48. The lowest BCUT2D eigenvalue weighted by atomic mass is 9.84. The van der Waals surface area contributed by atoms with E-state index in [-0.39, 0.29) is 11.8 Å². The Hall–Kier alpha value is -3.38. The number of benzene rings is 2. The molecule has 0 atom stereocenters. The van der Waals surface area contributed by atoms with Gasteiger partial charge in [-0.1, -0.05) is 24.3 Å². The monoisotopic (exact) mass is 429 g/mol. The first-order valence-corrected chi connectivity index (χ1v) is 11.2. The van der Waals surface area contributed by atoms with Crippen molar-refractivity contribution in [3.8, 4) is 0 Å². The number of carbonyl (C=O) groups excluding carboxylic acids is 2. The number of amides is 2. The van der Waals surface area contributed by atoms with Gasteiger partial charge < -0.3 is 15.2 Å². The largest absolute Gasteiger partial charge is 0.359 e. The Morgan fingerprint density at radius 1 is 1.16 bits per heavy atom. The highest BCUT2D eigenvalue weighted by atomic mass is 32.1. The van der Waals surface area contributed by atoms with Crippen LogP contribution in [0, 0.1) is 6.92 Å². The van der Waals surface area contributed by atoms with Gasteiger partial charge in [0.2, 0.25) is 5.91 Å². The maximum atomic E-state index is 13.3. The van der Waals surface area contributed by atoms with E-state index < -0.39 is 5.41 Å². The molecule has 3 heterocycles. The van der Waals surface area contributed by atoms with Crippen molar-refractivity contribution in [3.63, 3.8) is 0 Å². The fourth-order valence-electron chi connectivity index (χ4n) is 4.43. The number of aromatic nitrogens is 1. The van der Waals surface area contributed by atoms with E-state index in [0.29, 0.717) is 12.1 Å². The summed E-state index contributed by atoms with van der Waals surface area (Å²) in [4.78, 5) is 31.5. The quantitative estimate of drug-likeness (QED) is 0.443. The average molecular weight is 430 g/mol. The highest BCUT2D eigenvalue weighted by Gasteiger charge is 2.45. The van der Waals surface area contributed by atoms with Gasteiger partial charge in [-0.05, 0) is 66.4 Å². The van der Waals surface area contributed by atoms with Crippen LogP contribution in [0.15, 0.2) is 59.4 Å². The highest BCUT2D eigenvalue weighted by Crippen LogP contribution is 2.45. The van der Waals surface area contributed by atoms with E-state index in [1.54, 1.807) is 17.5 Å². The van der Waals surface area contributed by atoms with Gasteiger partial charge in [0.1, 0.15) is 0 Å². The molecule has 1 aliphatic rings. The minimum absolute atomic E-state index is 0.0611. The van der Waals surface area contributed by atoms with Gasteiger partial charge in [-0.25, -0.2) is 0 Å². The number of nitrogens with zero attached hydrogens (tertiary/aromatic N) is 1. The van der Waals surface area contributed by atoms with Gasteiger partial charge in [0.25, 0.3) is 5.91 Å². The summed E-state index contributed by atoms with van der Waals surface area (Å²) < 4.78 is 0. The van der Waals surface area contributed by atoms with Gasteiger partial charge in [0.05, 0.1) is 23.3 Å². The third kappa shape index (κ3) is 3.06. The molecule has 5 nitrogen and oxygen atoms in total. The van der Waals surface area contributed by atoms with Gasteiger partial charge >= 0.3 is 0 Å². The standard InChI is InChI=1S/C25H23N3O2S/c1-15-17(23(29)27-21-12-26-20-7-5-4-6-18(20)21)8-9-19-22(15)28(24(30)25(19,2)3)13-16-10-11-31-14-16/h4-12,14,26H,13H2,1-3H3,(H,27,29). The number of rotatable bonds is 4. The minimum Gasteiger partial charge on any atom is -0.359 e. The molecule has 0 radical (unpaired) electrons. The summed E-state index contributed by atoms with van der Waals surface area (Å²) in [6, 6.07) is 13.6. The van der Waals surface area contributed by atoms with Crippen LogP contribution in [0.5, 0.6) is 0 Å². The summed E-state index contributed by atoms with van der Waals surface area (Å²) >= 11 is 1.62. The second kappa shape index (κ2) is 7.10. The molecule has 31 heavy (non-hydrogen) atoms. The maximum Gasteiger partial charge on any atom is 0.256 e. The molecule has 156 valence electrons. The lowest BCUT2D eigenvalue weighted by Crippen LogP contribution is -2.35. The number of aromatic amines is 1. The van der Waals surface area contributed by atoms with Crippen molar-refractivity contribution in [2.45, 2.75) is 32.7 Å². The van der Waals surface area contributed by atoms with Crippen molar-refractivity contribution in [1.82, 2.24) is 4.98 Å². The Morgan fingerprint density at radius 3 is 2.74 bits per heavy atom. The van der Waals surface area contributed by atoms with Gasteiger partial charge in [-0.15, -0.1) is 0 Å². The van der Waals surface area contributed by atoms with Gasteiger partial charge in [0.15, 0.2) is 0 Å². The molecule has 5 rings (SSSR count). The van der Waals surface area contributed by atoms with Crippen LogP contribution >= 0.6 is 11.3 Å². The molecule has 0 spiro atoms. The number of fused-ring (bicyclic) bond motifs is 2. The molecule has 0 bridgehead atoms. The molecule has 2 aromatic carbocycles. The first-order chi connectivity index (χ1) is 14.9. The first kappa shape index (κ1) is 19.6. The number of thiophene rings is 1. The normalized spacial score (nSPS) is 14.8. The van der Waals surface area contributed by atoms with Crippen LogP contribution in [0.1, 0.15) is 40.9 Å². The Labute approximate surface area is 184 Å². The highest BCUT2D eigenvalue weighted by molar-refractivity contribution is 7.07. The van der Waals surface area contributed by atoms with Gasteiger partial charge in [-0.3, -0.25) is 9.59 Å². The number of hydrogen-bond acceptors (Lipinski definition) is 3. The lowest BCUT2D eigenvalue weighted by molar-refractivity contribution is -0.122. The van der Waals surface area contributed by atoms with Crippen molar-refractivity contribution in [2.24, 2.45) is 0 Å². The summed E-state index contributed by atoms with van der Waals surface area (Å²) in [6.45, 7) is 6.34. The molecule has 2 aromatic heterocycles. The summed E-state index contributed by atoms with van der Waals surface area (Å²) in [5, 5.41) is 8.07. The summed E-state index contributed by atoms with van der Waals surface area (Å²) in [7, 11) is 0. The molecule has 0 saturated heterocycles. The molecule has 0 unspecified atom stereocenters. The van der Waals surface area contributed by atoms with Crippen LogP contribution in [0.2, 0.25) is 0 Å². The molecule has 0 saturated carbocycles. The van der Waals surface area contributed by atoms with E-state index in [1.165, 1.54) is 0 Å². The zero-order chi connectivity index (χ0) is 21.8. The fourth-order valence-corrected chi connectivity index (χ4v) is 5.09. The van der Waals surface area contributed by atoms with Crippen LogP contribution in [0.3, 0.4) is 0 Å². The van der Waals surface area contributed by atoms with Gasteiger partial charge in [0, 0.05) is 22.7 Å². The minimum atomic E-state index is -0.623. The Morgan fingerprint density at radius 2 is 1.97 bits per heavy atom. The second-order valence-corrected chi connectivity index (χ2v) is 9.26. The van der Waals surface area contributed by atoms with E-state index in [4.69, 9.17) is 0 Å². The summed E-state index contributed by atoms with van der Waals surface area (Å²) in [5.41, 5.74) is 5.40. The predicted molar refractivity (Wildman–Crippen MR) is 126 cm³/mol. The molecule has 0 aliphatic carbocycles. The van der Waals surface area contributed by atoms with Crippen molar-refractivity contribution in [2.75, 3.05) is 10.2 Å². The average Bonchev–Trinajstić information content (AvgIpc) is 3.45. The molecule has 6 heteroatoms. The maximum absolute atomic E-state index is 13.3. The van der Waals surface area contributed by atoms with Crippen molar-refractivity contribution >= 4 is 45.4 Å². The van der Waals surface area contributed by atoms with E-state index in [9.17, 15) is 9.59 Å². The van der Waals surface area contributed by atoms with Crippen LogP contribution < -0.4 is 10.2 Å². The van der Waals surface area contributed by atoms with E-state index in [1.807, 2.05) is 73.5 Å². The van der Waals surface area contributed by atoms with E-state index in [0.717, 1.165) is 39.0 Å². The van der Waals surface area contributed by atoms with E-state index in [2.05, 4.69) is 15.7 Å². The molecule has 0 fully saturated rings. The molecular weight excluding hydrogens is 406 g/mol. The first-order valence-electron chi connectivity index (χ1n) is 10.2. The van der Waals surface area contributed by atoms with E-state index >= 15 is 0 Å². The Balaban J connectivity index is 1.54. The number of hydrogen-bond donors (Lipinski definition) is 2. The van der Waals surface area contributed by atoms with Crippen molar-refractivity contribution in [1.29, 1.82) is 0 Å². The van der Waals surface area contributed by atoms with Crippen LogP contribution in [-0.4, -0.2) is 16.8 Å². The molecule has 4 aromatic rings. The van der Waals surface area contributed by atoms with Crippen LogP contribution in [0.25, 0.3) is 10.9 Å². The number of anilines is 2. The molecule has 2 amide bonds.